The first-order valence-corrected chi connectivity index (χ1v) is 14.1. The third-order valence-electron chi connectivity index (χ3n) is 7.53. The van der Waals surface area contributed by atoms with Gasteiger partial charge in [0.05, 0.1) is 21.6 Å². The first kappa shape index (κ1) is 27.5. The van der Waals surface area contributed by atoms with Crippen LogP contribution in [0.3, 0.4) is 0 Å². The van der Waals surface area contributed by atoms with Gasteiger partial charge in [0.2, 0.25) is 0 Å². The van der Waals surface area contributed by atoms with E-state index in [1.807, 2.05) is 24.3 Å². The van der Waals surface area contributed by atoms with Gasteiger partial charge in [-0.25, -0.2) is 14.2 Å². The Morgan fingerprint density at radius 3 is 2.41 bits per heavy atom. The monoisotopic (exact) mass is 606 g/mol. The van der Waals surface area contributed by atoms with E-state index >= 15 is 0 Å². The molecule has 0 radical (unpaired) electrons. The highest BCUT2D eigenvalue weighted by Crippen LogP contribution is 2.45. The van der Waals surface area contributed by atoms with E-state index in [4.69, 9.17) is 34.8 Å². The molecule has 9 heteroatoms. The van der Waals surface area contributed by atoms with Gasteiger partial charge in [-0.15, -0.1) is 0 Å². The number of fused-ring (bicyclic) bond motifs is 1. The van der Waals surface area contributed by atoms with E-state index in [1.54, 1.807) is 30.3 Å². The molecule has 5 aromatic rings. The first-order chi connectivity index (χ1) is 19.7. The molecule has 1 fully saturated rings. The average Bonchev–Trinajstić information content (AvgIpc) is 3.72. The quantitative estimate of drug-likeness (QED) is 0.172. The Bertz CT molecular complexity index is 1790. The van der Waals surface area contributed by atoms with Gasteiger partial charge in [0.25, 0.3) is 0 Å². The van der Waals surface area contributed by atoms with E-state index in [0.29, 0.717) is 55.1 Å². The van der Waals surface area contributed by atoms with Crippen LogP contribution >= 0.6 is 34.8 Å². The summed E-state index contributed by atoms with van der Waals surface area (Å²) in [7, 11) is 0. The van der Waals surface area contributed by atoms with E-state index in [2.05, 4.69) is 9.97 Å². The second kappa shape index (κ2) is 10.9. The van der Waals surface area contributed by atoms with E-state index in [0.717, 1.165) is 18.4 Å². The molecule has 2 N–H and O–H groups in total. The summed E-state index contributed by atoms with van der Waals surface area (Å²) in [6, 6.07) is 20.0. The number of hydrogen-bond donors (Lipinski definition) is 2. The van der Waals surface area contributed by atoms with Crippen LogP contribution in [0.1, 0.15) is 51.5 Å². The maximum Gasteiger partial charge on any atom is 0.336 e. The number of carbonyl (C=O) groups excluding carboxylic acids is 1. The van der Waals surface area contributed by atoms with Crippen LogP contribution in [-0.4, -0.2) is 26.8 Å². The van der Waals surface area contributed by atoms with Gasteiger partial charge < -0.3 is 10.1 Å². The SMILES string of the molecule is O=C(CC(c1ccc(Cl)cc1)C1CC1)c1ccc(-c2c(Cl)cccc2-c2nc3cc(Cl)c(F)cc3[nH]2)c(C(=O)O)c1. The number of aromatic carboxylic acids is 1. The number of carboxylic acids is 1. The molecule has 0 saturated heterocycles. The van der Waals surface area contributed by atoms with E-state index in [1.165, 1.54) is 18.2 Å². The second-order valence-corrected chi connectivity index (χ2v) is 11.5. The fourth-order valence-electron chi connectivity index (χ4n) is 5.32. The number of H-pyrrole nitrogens is 1. The number of Topliss-reactive ketones (excluding diaryl/α,β-unsaturated/α-hetero) is 1. The lowest BCUT2D eigenvalue weighted by Gasteiger charge is -2.17. The predicted molar refractivity (Wildman–Crippen MR) is 160 cm³/mol. The van der Waals surface area contributed by atoms with Gasteiger partial charge in [-0.1, -0.05) is 71.2 Å². The van der Waals surface area contributed by atoms with E-state index in [-0.39, 0.29) is 28.7 Å². The van der Waals surface area contributed by atoms with Crippen molar-refractivity contribution in [3.05, 3.63) is 110 Å². The lowest BCUT2D eigenvalue weighted by atomic mass is 9.86. The Morgan fingerprint density at radius 1 is 0.951 bits per heavy atom. The zero-order valence-corrected chi connectivity index (χ0v) is 23.7. The molecule has 6 rings (SSSR count). The Morgan fingerprint density at radius 2 is 1.71 bits per heavy atom. The molecular weight excluding hydrogens is 586 g/mol. The zero-order chi connectivity index (χ0) is 28.8. The summed E-state index contributed by atoms with van der Waals surface area (Å²) < 4.78 is 14.1. The highest BCUT2D eigenvalue weighted by atomic mass is 35.5. The van der Waals surface area contributed by atoms with Gasteiger partial charge in [0, 0.05) is 39.2 Å². The number of carboxylic acid groups (broad SMARTS) is 1. The summed E-state index contributed by atoms with van der Waals surface area (Å²) in [5.74, 6) is -1.11. The van der Waals surface area contributed by atoms with Crippen LogP contribution in [0, 0.1) is 11.7 Å². The number of nitrogens with one attached hydrogen (secondary N) is 1. The number of ketones is 1. The van der Waals surface area contributed by atoms with Crippen molar-refractivity contribution in [1.29, 1.82) is 0 Å². The van der Waals surface area contributed by atoms with Crippen molar-refractivity contribution in [2.24, 2.45) is 5.92 Å². The number of hydrogen-bond acceptors (Lipinski definition) is 3. The number of aromatic nitrogens is 2. The molecule has 0 amide bonds. The largest absolute Gasteiger partial charge is 0.478 e. The molecule has 1 aromatic heterocycles. The molecule has 1 aliphatic rings. The van der Waals surface area contributed by atoms with Crippen molar-refractivity contribution in [1.82, 2.24) is 9.97 Å². The minimum absolute atomic E-state index is 0.0364. The lowest BCUT2D eigenvalue weighted by Crippen LogP contribution is -2.11. The lowest BCUT2D eigenvalue weighted by molar-refractivity contribution is 0.0697. The Labute approximate surface area is 249 Å². The third kappa shape index (κ3) is 5.47. The highest BCUT2D eigenvalue weighted by Gasteiger charge is 2.34. The first-order valence-electron chi connectivity index (χ1n) is 13.0. The molecule has 0 spiro atoms. The van der Waals surface area contributed by atoms with E-state index < -0.39 is 11.8 Å². The van der Waals surface area contributed by atoms with Crippen LogP contribution in [0.25, 0.3) is 33.5 Å². The molecule has 0 bridgehead atoms. The van der Waals surface area contributed by atoms with Gasteiger partial charge in [-0.05, 0) is 66.1 Å². The maximum absolute atomic E-state index is 14.1. The molecule has 41 heavy (non-hydrogen) atoms. The molecule has 1 heterocycles. The number of carbonyl (C=O) groups is 2. The van der Waals surface area contributed by atoms with Gasteiger partial charge in [-0.2, -0.15) is 0 Å². The average molecular weight is 608 g/mol. The number of aromatic amines is 1. The van der Waals surface area contributed by atoms with Crippen molar-refractivity contribution in [3.8, 4) is 22.5 Å². The van der Waals surface area contributed by atoms with Gasteiger partial charge in [0.1, 0.15) is 11.6 Å². The second-order valence-electron chi connectivity index (χ2n) is 10.2. The number of benzene rings is 4. The summed E-state index contributed by atoms with van der Waals surface area (Å²) in [4.78, 5) is 33.6. The van der Waals surface area contributed by atoms with Crippen LogP contribution in [-0.2, 0) is 0 Å². The molecule has 1 unspecified atom stereocenters. The Balaban J connectivity index is 1.39. The number of imidazole rings is 1. The summed E-state index contributed by atoms with van der Waals surface area (Å²) in [5, 5.41) is 11.1. The molecule has 0 aliphatic heterocycles. The Kier molecular flexibility index (Phi) is 7.32. The van der Waals surface area contributed by atoms with Crippen LogP contribution in [0.2, 0.25) is 15.1 Å². The molecule has 206 valence electrons. The van der Waals surface area contributed by atoms with Crippen molar-refractivity contribution in [3.63, 3.8) is 0 Å². The minimum Gasteiger partial charge on any atom is -0.478 e. The normalized spacial score (nSPS) is 13.9. The van der Waals surface area contributed by atoms with Crippen molar-refractivity contribution >= 4 is 57.6 Å². The van der Waals surface area contributed by atoms with E-state index in [9.17, 15) is 19.1 Å². The fraction of sp³-hybridized carbons (Fsp3) is 0.156. The number of nitrogens with zero attached hydrogens (tertiary/aromatic N) is 1. The predicted octanol–water partition coefficient (Wildman–Crippen LogP) is 9.46. The smallest absolute Gasteiger partial charge is 0.336 e. The summed E-state index contributed by atoms with van der Waals surface area (Å²) >= 11 is 18.6. The highest BCUT2D eigenvalue weighted by molar-refractivity contribution is 6.34. The van der Waals surface area contributed by atoms with Crippen LogP contribution in [0.5, 0.6) is 0 Å². The summed E-state index contributed by atoms with van der Waals surface area (Å²) in [6.45, 7) is 0. The van der Waals surface area contributed by atoms with Crippen LogP contribution in [0.4, 0.5) is 4.39 Å². The molecule has 4 aromatic carbocycles. The fourth-order valence-corrected chi connectivity index (χ4v) is 5.88. The molecule has 1 atom stereocenters. The Hall–Kier alpha value is -3.71. The van der Waals surface area contributed by atoms with Crippen molar-refractivity contribution in [2.45, 2.75) is 25.2 Å². The van der Waals surface area contributed by atoms with Gasteiger partial charge in [0.15, 0.2) is 5.78 Å². The summed E-state index contributed by atoms with van der Waals surface area (Å²) in [5.41, 5.74) is 3.44. The van der Waals surface area contributed by atoms with Crippen LogP contribution < -0.4 is 0 Å². The topological polar surface area (TPSA) is 83.0 Å². The molecule has 1 aliphatic carbocycles. The minimum atomic E-state index is -1.20. The third-order valence-corrected chi connectivity index (χ3v) is 8.39. The zero-order valence-electron chi connectivity index (χ0n) is 21.4. The standard InChI is InChI=1S/C32H22Cl3FN2O3/c33-19-9-6-17(7-10-19)22(16-4-5-16)13-29(39)18-8-11-20(23(12-18)32(40)41)30-21(2-1-3-24(30)34)31-37-27-14-25(35)26(36)15-28(27)38-31/h1-3,6-12,14-16,22H,4-5,13H2,(H,37,38)(H,40,41). The van der Waals surface area contributed by atoms with Crippen molar-refractivity contribution in [2.75, 3.05) is 0 Å². The maximum atomic E-state index is 14.1. The van der Waals surface area contributed by atoms with Gasteiger partial charge >= 0.3 is 5.97 Å². The summed E-state index contributed by atoms with van der Waals surface area (Å²) in [6.07, 6.45) is 2.37. The molecular formula is C32H22Cl3FN2O3. The number of rotatable bonds is 8. The van der Waals surface area contributed by atoms with Crippen LogP contribution in [0.15, 0.2) is 72.8 Å². The van der Waals surface area contributed by atoms with Gasteiger partial charge in [-0.3, -0.25) is 4.79 Å². The van der Waals surface area contributed by atoms with Crippen molar-refractivity contribution < 1.29 is 19.1 Å². The molecule has 5 nitrogen and oxygen atoms in total. The molecule has 1 saturated carbocycles. The number of halogens is 4.